The monoisotopic (exact) mass is 349 g/mol. The van der Waals surface area contributed by atoms with Crippen molar-refractivity contribution in [2.45, 2.75) is 51.2 Å². The number of amides is 2. The number of nitrogens with zero attached hydrogens (tertiary/aromatic N) is 4. The quantitative estimate of drug-likeness (QED) is 0.757. The zero-order chi connectivity index (χ0) is 17.7. The van der Waals surface area contributed by atoms with Gasteiger partial charge in [0.25, 0.3) is 0 Å². The lowest BCUT2D eigenvalue weighted by Gasteiger charge is -2.40. The van der Waals surface area contributed by atoms with Crippen LogP contribution in [0.2, 0.25) is 0 Å². The van der Waals surface area contributed by atoms with Crippen LogP contribution in [-0.2, 0) is 6.54 Å². The van der Waals surface area contributed by atoms with Crippen LogP contribution in [0.5, 0.6) is 0 Å². The Labute approximate surface area is 150 Å². The first-order valence-corrected chi connectivity index (χ1v) is 9.51. The van der Waals surface area contributed by atoms with E-state index >= 15 is 0 Å². The zero-order valence-electron chi connectivity index (χ0n) is 15.3. The van der Waals surface area contributed by atoms with Gasteiger partial charge in [0.2, 0.25) is 0 Å². The van der Waals surface area contributed by atoms with Gasteiger partial charge in [-0.25, -0.2) is 9.78 Å². The smallest absolute Gasteiger partial charge is 0.317 e. The minimum absolute atomic E-state index is 0.00873. The van der Waals surface area contributed by atoms with Crippen molar-refractivity contribution in [1.82, 2.24) is 24.7 Å². The van der Waals surface area contributed by atoms with E-state index in [-0.39, 0.29) is 6.03 Å². The van der Waals surface area contributed by atoms with Gasteiger partial charge in [-0.15, -0.1) is 0 Å². The Morgan fingerprint density at radius 3 is 2.64 bits per heavy atom. The summed E-state index contributed by atoms with van der Waals surface area (Å²) in [6, 6.07) is -0.00873. The topological polar surface area (TPSA) is 73.6 Å². The number of likely N-dealkylation sites (tertiary alicyclic amines) is 2. The molecule has 2 N–H and O–H groups in total. The molecule has 0 spiro atoms. The Hall–Kier alpha value is -1.60. The number of carbonyl (C=O) groups excluding carboxylic acids is 1. The number of nitrogens with one attached hydrogen (secondary N) is 1. The number of piperidine rings is 1. The molecule has 2 amide bonds. The molecule has 25 heavy (non-hydrogen) atoms. The van der Waals surface area contributed by atoms with Crippen molar-refractivity contribution in [3.8, 4) is 0 Å². The van der Waals surface area contributed by atoms with Gasteiger partial charge in [-0.3, -0.25) is 0 Å². The van der Waals surface area contributed by atoms with E-state index in [1.165, 1.54) is 12.8 Å². The van der Waals surface area contributed by atoms with E-state index in [1.54, 1.807) is 6.20 Å². The fourth-order valence-corrected chi connectivity index (χ4v) is 3.84. The maximum atomic E-state index is 12.3. The number of β-amino-alcohol motifs (C(OH)–C–C–N with tert-alkyl or cyclic N) is 1. The summed E-state index contributed by atoms with van der Waals surface area (Å²) in [6.07, 6.45) is 8.46. The second-order valence-corrected chi connectivity index (χ2v) is 7.45. The first-order valence-electron chi connectivity index (χ1n) is 9.51. The normalized spacial score (nSPS) is 20.8. The average molecular weight is 349 g/mol. The molecule has 140 valence electrons. The van der Waals surface area contributed by atoms with Gasteiger partial charge in [0.15, 0.2) is 0 Å². The Kier molecular flexibility index (Phi) is 5.96. The summed E-state index contributed by atoms with van der Waals surface area (Å²) < 4.78 is 2.09. The third-order valence-corrected chi connectivity index (χ3v) is 5.47. The van der Waals surface area contributed by atoms with E-state index in [1.807, 2.05) is 18.0 Å². The number of carbonyl (C=O) groups is 1. The van der Waals surface area contributed by atoms with E-state index in [0.29, 0.717) is 32.5 Å². The summed E-state index contributed by atoms with van der Waals surface area (Å²) in [4.78, 5) is 20.7. The number of hydrogen-bond acceptors (Lipinski definition) is 4. The summed E-state index contributed by atoms with van der Waals surface area (Å²) >= 11 is 0. The molecule has 3 rings (SSSR count). The Morgan fingerprint density at radius 1 is 1.28 bits per heavy atom. The fraction of sp³-hybridized carbons (Fsp3) is 0.778. The van der Waals surface area contributed by atoms with Gasteiger partial charge in [-0.2, -0.15) is 0 Å². The largest absolute Gasteiger partial charge is 0.388 e. The summed E-state index contributed by atoms with van der Waals surface area (Å²) in [5.41, 5.74) is -0.625. The number of imidazole rings is 1. The summed E-state index contributed by atoms with van der Waals surface area (Å²) in [6.45, 7) is 7.73. The van der Waals surface area contributed by atoms with Crippen LogP contribution in [0.15, 0.2) is 12.4 Å². The molecule has 2 saturated heterocycles. The maximum Gasteiger partial charge on any atom is 0.317 e. The van der Waals surface area contributed by atoms with Crippen LogP contribution in [0.4, 0.5) is 4.79 Å². The van der Waals surface area contributed by atoms with Gasteiger partial charge >= 0.3 is 6.03 Å². The van der Waals surface area contributed by atoms with Crippen molar-refractivity contribution in [2.24, 2.45) is 0 Å². The highest BCUT2D eigenvalue weighted by Crippen LogP contribution is 2.25. The third-order valence-electron chi connectivity index (χ3n) is 5.47. The summed E-state index contributed by atoms with van der Waals surface area (Å²) in [7, 11) is 0. The molecular weight excluding hydrogens is 318 g/mol. The van der Waals surface area contributed by atoms with E-state index in [4.69, 9.17) is 0 Å². The number of aryl methyl sites for hydroxylation is 2. The van der Waals surface area contributed by atoms with Crippen LogP contribution in [0.1, 0.15) is 37.9 Å². The van der Waals surface area contributed by atoms with Crippen LogP contribution in [0.25, 0.3) is 0 Å². The predicted octanol–water partition coefficient (Wildman–Crippen LogP) is 1.21. The average Bonchev–Trinajstić information content (AvgIpc) is 3.23. The zero-order valence-corrected chi connectivity index (χ0v) is 15.3. The molecule has 7 nitrogen and oxygen atoms in total. The van der Waals surface area contributed by atoms with Crippen LogP contribution in [0.3, 0.4) is 0 Å². The number of urea groups is 1. The van der Waals surface area contributed by atoms with Crippen LogP contribution in [0, 0.1) is 6.92 Å². The molecular formula is C18H31N5O2. The minimum atomic E-state index is -0.625. The lowest BCUT2D eigenvalue weighted by atomic mass is 9.91. The molecule has 0 atom stereocenters. The summed E-state index contributed by atoms with van der Waals surface area (Å²) in [5, 5.41) is 13.8. The maximum absolute atomic E-state index is 12.3. The SMILES string of the molecule is Cc1nccn1CCCNC(=O)N1CCC(O)(CN2CCCC2)CC1. The molecule has 2 fully saturated rings. The van der Waals surface area contributed by atoms with Gasteiger partial charge in [0, 0.05) is 45.1 Å². The number of aliphatic hydroxyl groups is 1. The van der Waals surface area contributed by atoms with Crippen LogP contribution in [-0.4, -0.2) is 75.4 Å². The lowest BCUT2D eigenvalue weighted by Crippen LogP contribution is -2.53. The van der Waals surface area contributed by atoms with Crippen molar-refractivity contribution >= 4 is 6.03 Å². The van der Waals surface area contributed by atoms with Crippen molar-refractivity contribution in [2.75, 3.05) is 39.3 Å². The van der Waals surface area contributed by atoms with Crippen molar-refractivity contribution in [1.29, 1.82) is 0 Å². The highest BCUT2D eigenvalue weighted by Gasteiger charge is 2.35. The number of aromatic nitrogens is 2. The first kappa shape index (κ1) is 18.2. The second kappa shape index (κ2) is 8.19. The number of rotatable bonds is 6. The van der Waals surface area contributed by atoms with Crippen molar-refractivity contribution in [3.63, 3.8) is 0 Å². The first-order chi connectivity index (χ1) is 12.1. The highest BCUT2D eigenvalue weighted by molar-refractivity contribution is 5.74. The van der Waals surface area contributed by atoms with Crippen molar-refractivity contribution < 1.29 is 9.90 Å². The van der Waals surface area contributed by atoms with Gasteiger partial charge in [-0.1, -0.05) is 0 Å². The fourth-order valence-electron chi connectivity index (χ4n) is 3.84. The predicted molar refractivity (Wildman–Crippen MR) is 96.4 cm³/mol. The molecule has 2 aliphatic heterocycles. The standard InChI is InChI=1S/C18H31N5O2/c1-16-19-8-14-22(16)11-4-7-20-17(24)23-12-5-18(25,6-13-23)15-21-9-2-3-10-21/h8,14,25H,2-7,9-13,15H2,1H3,(H,20,24). The molecule has 0 saturated carbocycles. The molecule has 3 heterocycles. The van der Waals surface area contributed by atoms with Crippen LogP contribution >= 0.6 is 0 Å². The van der Waals surface area contributed by atoms with Crippen LogP contribution < -0.4 is 5.32 Å². The minimum Gasteiger partial charge on any atom is -0.388 e. The van der Waals surface area contributed by atoms with E-state index in [2.05, 4.69) is 19.8 Å². The molecule has 2 aliphatic rings. The molecule has 1 aromatic heterocycles. The Bertz CT molecular complexity index is 560. The summed E-state index contributed by atoms with van der Waals surface area (Å²) in [5.74, 6) is 1.000. The molecule has 0 radical (unpaired) electrons. The highest BCUT2D eigenvalue weighted by atomic mass is 16.3. The van der Waals surface area contributed by atoms with Gasteiger partial charge < -0.3 is 24.8 Å². The van der Waals surface area contributed by atoms with E-state index < -0.39 is 5.60 Å². The molecule has 0 aromatic carbocycles. The van der Waals surface area contributed by atoms with E-state index in [9.17, 15) is 9.90 Å². The lowest BCUT2D eigenvalue weighted by molar-refractivity contribution is -0.0339. The molecule has 0 bridgehead atoms. The number of hydrogen-bond donors (Lipinski definition) is 2. The molecule has 0 unspecified atom stereocenters. The molecule has 7 heteroatoms. The Morgan fingerprint density at radius 2 is 2.00 bits per heavy atom. The Balaban J connectivity index is 1.34. The molecule has 1 aromatic rings. The third kappa shape index (κ3) is 4.95. The van der Waals surface area contributed by atoms with Gasteiger partial charge in [0.1, 0.15) is 5.82 Å². The van der Waals surface area contributed by atoms with Gasteiger partial charge in [0.05, 0.1) is 5.60 Å². The van der Waals surface area contributed by atoms with Crippen molar-refractivity contribution in [3.05, 3.63) is 18.2 Å². The molecule has 0 aliphatic carbocycles. The second-order valence-electron chi connectivity index (χ2n) is 7.45. The van der Waals surface area contributed by atoms with Gasteiger partial charge in [-0.05, 0) is 52.1 Å². The van der Waals surface area contributed by atoms with E-state index in [0.717, 1.165) is 38.4 Å².